The van der Waals surface area contributed by atoms with Crippen molar-refractivity contribution < 1.29 is 14.3 Å². The van der Waals surface area contributed by atoms with Crippen molar-refractivity contribution in [1.29, 1.82) is 0 Å². The van der Waals surface area contributed by atoms with Gasteiger partial charge < -0.3 is 9.52 Å². The predicted molar refractivity (Wildman–Crippen MR) is 67.1 cm³/mol. The zero-order chi connectivity index (χ0) is 13.7. The van der Waals surface area contributed by atoms with Crippen LogP contribution in [0.25, 0.3) is 0 Å². The average molecular weight is 250 g/mol. The molecule has 2 rings (SSSR count). The van der Waals surface area contributed by atoms with Gasteiger partial charge in [0.15, 0.2) is 6.23 Å². The van der Waals surface area contributed by atoms with E-state index in [9.17, 15) is 9.90 Å². The summed E-state index contributed by atoms with van der Waals surface area (Å²) < 4.78 is 5.58. The van der Waals surface area contributed by atoms with Gasteiger partial charge >= 0.3 is 6.01 Å². The van der Waals surface area contributed by atoms with Crippen LogP contribution in [0.2, 0.25) is 0 Å². The Morgan fingerprint density at radius 1 is 1.39 bits per heavy atom. The largest absolute Gasteiger partial charge is 0.428 e. The highest BCUT2D eigenvalue weighted by atomic mass is 16.4. The fraction of sp³-hybridized carbons (Fsp3) is 0.538. The van der Waals surface area contributed by atoms with Crippen molar-refractivity contribution >= 4 is 11.9 Å². The number of carbonyl (C=O) groups excluding carboxylic acids is 1. The first-order valence-electron chi connectivity index (χ1n) is 5.89. The van der Waals surface area contributed by atoms with Gasteiger partial charge in [-0.25, -0.2) is 9.88 Å². The number of rotatable bonds is 1. The van der Waals surface area contributed by atoms with E-state index < -0.39 is 6.23 Å². The molecular formula is C13H18N2O3. The number of carbonyl (C=O) groups is 1. The first-order valence-corrected chi connectivity index (χ1v) is 5.89. The number of oxazole rings is 1. The van der Waals surface area contributed by atoms with E-state index in [2.05, 4.69) is 4.98 Å². The van der Waals surface area contributed by atoms with Gasteiger partial charge in [-0.1, -0.05) is 20.8 Å². The minimum absolute atomic E-state index is 0.147. The summed E-state index contributed by atoms with van der Waals surface area (Å²) in [5, 5.41) is 10.0. The van der Waals surface area contributed by atoms with Crippen LogP contribution in [0.1, 0.15) is 40.4 Å². The molecule has 0 saturated heterocycles. The number of hydrogen-bond donors (Lipinski definition) is 1. The Morgan fingerprint density at radius 3 is 2.39 bits per heavy atom. The first kappa shape index (κ1) is 12.8. The molecule has 0 fully saturated rings. The molecule has 18 heavy (non-hydrogen) atoms. The van der Waals surface area contributed by atoms with Crippen LogP contribution in [0, 0.1) is 0 Å². The van der Waals surface area contributed by atoms with Crippen LogP contribution in [0.5, 0.6) is 0 Å². The third-order valence-corrected chi connectivity index (χ3v) is 3.20. The number of anilines is 1. The van der Waals surface area contributed by atoms with Crippen LogP contribution in [-0.4, -0.2) is 22.2 Å². The summed E-state index contributed by atoms with van der Waals surface area (Å²) in [7, 11) is 0. The third kappa shape index (κ3) is 1.84. The maximum atomic E-state index is 12.0. The lowest BCUT2D eigenvalue weighted by Crippen LogP contribution is -2.35. The zero-order valence-corrected chi connectivity index (χ0v) is 11.3. The molecule has 1 atom stereocenters. The summed E-state index contributed by atoms with van der Waals surface area (Å²) in [5.74, 6) is 0.419. The highest BCUT2D eigenvalue weighted by Gasteiger charge is 2.37. The van der Waals surface area contributed by atoms with Crippen LogP contribution in [0.3, 0.4) is 0 Å². The molecule has 1 N–H and O–H groups in total. The van der Waals surface area contributed by atoms with Gasteiger partial charge in [0.25, 0.3) is 5.91 Å². The minimum Gasteiger partial charge on any atom is -0.428 e. The summed E-state index contributed by atoms with van der Waals surface area (Å²) in [6.07, 6.45) is 0.613. The Morgan fingerprint density at radius 2 is 2.00 bits per heavy atom. The van der Waals surface area contributed by atoms with Crippen LogP contribution in [0.4, 0.5) is 6.01 Å². The van der Waals surface area contributed by atoms with E-state index in [0.717, 1.165) is 0 Å². The van der Waals surface area contributed by atoms with Gasteiger partial charge in [-0.15, -0.1) is 0 Å². The molecule has 0 spiro atoms. The average Bonchev–Trinajstić information content (AvgIpc) is 2.81. The van der Waals surface area contributed by atoms with E-state index in [-0.39, 0.29) is 17.3 Å². The molecule has 1 aliphatic heterocycles. The van der Waals surface area contributed by atoms with Crippen LogP contribution in [-0.2, 0) is 10.2 Å². The molecule has 5 nitrogen and oxygen atoms in total. The lowest BCUT2D eigenvalue weighted by Gasteiger charge is -2.18. The smallest absolute Gasteiger partial charge is 0.307 e. The highest BCUT2D eigenvalue weighted by Crippen LogP contribution is 2.32. The molecule has 1 aromatic heterocycles. The van der Waals surface area contributed by atoms with Gasteiger partial charge in [-0.2, -0.15) is 0 Å². The standard InChI is InChI=1S/C13H18N2O3/c1-7-8(2)11(17)15(10(7)16)12-14-6-9(18-12)13(3,4)5/h6,10,16H,1-5H3. The van der Waals surface area contributed by atoms with Gasteiger partial charge in [-0.05, 0) is 19.4 Å². The molecular weight excluding hydrogens is 232 g/mol. The second kappa shape index (κ2) is 3.95. The normalized spacial score (nSPS) is 21.1. The van der Waals surface area contributed by atoms with E-state index in [1.54, 1.807) is 20.0 Å². The van der Waals surface area contributed by atoms with Crippen molar-refractivity contribution in [2.24, 2.45) is 0 Å². The van der Waals surface area contributed by atoms with Crippen molar-refractivity contribution in [3.8, 4) is 0 Å². The maximum Gasteiger partial charge on any atom is 0.307 e. The fourth-order valence-corrected chi connectivity index (χ4v) is 1.76. The number of aliphatic hydroxyl groups excluding tert-OH is 1. The van der Waals surface area contributed by atoms with Crippen LogP contribution < -0.4 is 4.90 Å². The summed E-state index contributed by atoms with van der Waals surface area (Å²) in [4.78, 5) is 17.3. The van der Waals surface area contributed by atoms with Crippen molar-refractivity contribution in [3.05, 3.63) is 23.1 Å². The van der Waals surface area contributed by atoms with Crippen molar-refractivity contribution in [2.45, 2.75) is 46.3 Å². The number of nitrogens with zero attached hydrogens (tertiary/aromatic N) is 2. The Labute approximate surface area is 106 Å². The fourth-order valence-electron chi connectivity index (χ4n) is 1.76. The quantitative estimate of drug-likeness (QED) is 0.827. The third-order valence-electron chi connectivity index (χ3n) is 3.20. The maximum absolute atomic E-state index is 12.0. The van der Waals surface area contributed by atoms with E-state index in [1.165, 1.54) is 4.90 Å². The summed E-state index contributed by atoms with van der Waals surface area (Å²) in [5.41, 5.74) is 0.991. The molecule has 5 heteroatoms. The van der Waals surface area contributed by atoms with E-state index in [0.29, 0.717) is 16.9 Å². The van der Waals surface area contributed by atoms with Crippen molar-refractivity contribution in [2.75, 3.05) is 4.90 Å². The molecule has 1 aliphatic rings. The first-order chi connectivity index (χ1) is 8.23. The van der Waals surface area contributed by atoms with Crippen molar-refractivity contribution in [1.82, 2.24) is 4.98 Å². The summed E-state index contributed by atoms with van der Waals surface area (Å²) >= 11 is 0. The van der Waals surface area contributed by atoms with Gasteiger partial charge in [0.2, 0.25) is 0 Å². The van der Waals surface area contributed by atoms with Crippen molar-refractivity contribution in [3.63, 3.8) is 0 Å². The Hall–Kier alpha value is -1.62. The molecule has 0 radical (unpaired) electrons. The molecule has 98 valence electrons. The lowest BCUT2D eigenvalue weighted by molar-refractivity contribution is -0.115. The number of amides is 1. The van der Waals surface area contributed by atoms with Crippen LogP contribution >= 0.6 is 0 Å². The molecule has 0 saturated carbocycles. The van der Waals surface area contributed by atoms with Gasteiger partial charge in [-0.3, -0.25) is 4.79 Å². The van der Waals surface area contributed by atoms with Crippen LogP contribution in [0.15, 0.2) is 21.8 Å². The molecule has 0 aliphatic carbocycles. The molecule has 1 unspecified atom stereocenters. The highest BCUT2D eigenvalue weighted by molar-refractivity contribution is 6.08. The molecule has 0 bridgehead atoms. The minimum atomic E-state index is -0.982. The Balaban J connectivity index is 2.35. The second-order valence-corrected chi connectivity index (χ2v) is 5.61. The number of hydrogen-bond acceptors (Lipinski definition) is 4. The lowest BCUT2D eigenvalue weighted by atomic mass is 9.94. The Bertz CT molecular complexity index is 523. The molecule has 2 heterocycles. The summed E-state index contributed by atoms with van der Waals surface area (Å²) in [6.45, 7) is 9.40. The number of aliphatic hydroxyl groups is 1. The van der Waals surface area contributed by atoms with Gasteiger partial charge in [0.1, 0.15) is 5.76 Å². The second-order valence-electron chi connectivity index (χ2n) is 5.61. The van der Waals surface area contributed by atoms with E-state index >= 15 is 0 Å². The molecule has 1 aromatic rings. The van der Waals surface area contributed by atoms with Gasteiger partial charge in [0.05, 0.1) is 6.20 Å². The predicted octanol–water partition coefficient (Wildman–Crippen LogP) is 1.97. The Kier molecular flexibility index (Phi) is 2.81. The van der Waals surface area contributed by atoms with E-state index in [1.807, 2.05) is 20.8 Å². The SMILES string of the molecule is CC1=C(C)C(O)N(c2ncc(C(C)(C)C)o2)C1=O. The molecule has 1 amide bonds. The molecule has 0 aromatic carbocycles. The van der Waals surface area contributed by atoms with E-state index in [4.69, 9.17) is 4.42 Å². The topological polar surface area (TPSA) is 66.6 Å². The summed E-state index contributed by atoms with van der Waals surface area (Å²) in [6, 6.07) is 0.147. The number of aromatic nitrogens is 1. The van der Waals surface area contributed by atoms with Gasteiger partial charge in [0, 0.05) is 11.0 Å². The monoisotopic (exact) mass is 250 g/mol. The zero-order valence-electron chi connectivity index (χ0n) is 11.3.